The Balaban J connectivity index is 1.38. The number of fused-ring (bicyclic) bond motifs is 2. The first-order chi connectivity index (χ1) is 18.6. The first kappa shape index (κ1) is 27.6. The molecule has 12 nitrogen and oxygen atoms in total. The first-order valence-corrected chi connectivity index (χ1v) is 14.8. The summed E-state index contributed by atoms with van der Waals surface area (Å²) in [6, 6.07) is 10.4. The molecule has 5 rings (SSSR count). The summed E-state index contributed by atoms with van der Waals surface area (Å²) >= 11 is 3.51. The van der Waals surface area contributed by atoms with Crippen LogP contribution in [0.3, 0.4) is 0 Å². The second-order valence-corrected chi connectivity index (χ2v) is 11.7. The van der Waals surface area contributed by atoms with Gasteiger partial charge in [0.2, 0.25) is 0 Å². The van der Waals surface area contributed by atoms with Gasteiger partial charge in [0, 0.05) is 54.0 Å². The second kappa shape index (κ2) is 10.9. The van der Waals surface area contributed by atoms with Gasteiger partial charge in [0.05, 0.1) is 18.2 Å². The highest BCUT2D eigenvalue weighted by atomic mass is 79.9. The Kier molecular flexibility index (Phi) is 7.71. The van der Waals surface area contributed by atoms with Crippen molar-refractivity contribution in [2.24, 2.45) is 0 Å². The standard InChI is InChI=1S/C25H28BrN4O8P/c1-2-36-24(32)29-10-8-25(9-11-29)13-20(19-12-17(26)6-7-21(19)38-25)27-23(31)18-5-3-4-16-14-30(28-22(16)18)15-37-39(33,34)35/h3-7,12,14,20H,2,8-11,13,15H2,1H3,(H,27,31)(H2,33,34,35)/t20-/m0/s1. The molecule has 14 heteroatoms. The summed E-state index contributed by atoms with van der Waals surface area (Å²) in [5.74, 6) is 0.329. The van der Waals surface area contributed by atoms with Crippen LogP contribution < -0.4 is 10.1 Å². The van der Waals surface area contributed by atoms with Crippen molar-refractivity contribution in [2.45, 2.75) is 44.6 Å². The minimum absolute atomic E-state index is 0.315. The molecule has 0 aliphatic carbocycles. The molecule has 39 heavy (non-hydrogen) atoms. The first-order valence-electron chi connectivity index (χ1n) is 12.4. The van der Waals surface area contributed by atoms with Gasteiger partial charge in [0.1, 0.15) is 16.9 Å². The zero-order valence-corrected chi connectivity index (χ0v) is 23.6. The predicted octanol–water partition coefficient (Wildman–Crippen LogP) is 4.11. The maximum absolute atomic E-state index is 13.6. The highest BCUT2D eigenvalue weighted by molar-refractivity contribution is 9.10. The Labute approximate surface area is 232 Å². The minimum atomic E-state index is -4.68. The van der Waals surface area contributed by atoms with E-state index in [0.717, 1.165) is 10.0 Å². The lowest BCUT2D eigenvalue weighted by atomic mass is 9.80. The molecule has 1 fully saturated rings. The Bertz CT molecular complexity index is 1450. The van der Waals surface area contributed by atoms with Crippen LogP contribution in [0.15, 0.2) is 47.1 Å². The number of hydrogen-bond donors (Lipinski definition) is 3. The molecule has 2 aromatic carbocycles. The lowest BCUT2D eigenvalue weighted by Gasteiger charge is -2.46. The fourth-order valence-electron chi connectivity index (χ4n) is 5.10. The Morgan fingerprint density at radius 3 is 2.74 bits per heavy atom. The largest absolute Gasteiger partial charge is 0.487 e. The summed E-state index contributed by atoms with van der Waals surface area (Å²) in [6.07, 6.45) is 2.91. The molecule has 2 aliphatic rings. The van der Waals surface area contributed by atoms with Crippen molar-refractivity contribution in [3.05, 3.63) is 58.2 Å². The third-order valence-corrected chi connectivity index (χ3v) is 7.89. The molecule has 0 unspecified atom stereocenters. The molecule has 0 radical (unpaired) electrons. The number of nitrogens with one attached hydrogen (secondary N) is 1. The molecule has 3 heterocycles. The van der Waals surface area contributed by atoms with Crippen molar-refractivity contribution in [1.29, 1.82) is 0 Å². The average Bonchev–Trinajstić information content (AvgIpc) is 3.31. The number of phosphoric ester groups is 1. The fraction of sp³-hybridized carbons (Fsp3) is 0.400. The summed E-state index contributed by atoms with van der Waals surface area (Å²) in [6.45, 7) is 2.59. The van der Waals surface area contributed by atoms with Gasteiger partial charge in [0.15, 0.2) is 6.73 Å². The van der Waals surface area contributed by atoms with Crippen LogP contribution in [-0.2, 0) is 20.6 Å². The Morgan fingerprint density at radius 1 is 1.26 bits per heavy atom. The second-order valence-electron chi connectivity index (χ2n) is 9.54. The van der Waals surface area contributed by atoms with Crippen molar-refractivity contribution in [2.75, 3.05) is 19.7 Å². The van der Waals surface area contributed by atoms with Gasteiger partial charge in [-0.3, -0.25) is 9.32 Å². The highest BCUT2D eigenvalue weighted by Gasteiger charge is 2.45. The van der Waals surface area contributed by atoms with Crippen LogP contribution >= 0.6 is 23.8 Å². The van der Waals surface area contributed by atoms with Crippen LogP contribution in [0.2, 0.25) is 0 Å². The number of amides is 2. The van der Waals surface area contributed by atoms with Crippen LogP contribution in [0.25, 0.3) is 10.9 Å². The topological polar surface area (TPSA) is 152 Å². The van der Waals surface area contributed by atoms with Gasteiger partial charge in [-0.1, -0.05) is 28.1 Å². The van der Waals surface area contributed by atoms with Crippen LogP contribution in [0.5, 0.6) is 5.75 Å². The maximum Gasteiger partial charge on any atom is 0.471 e. The number of rotatable bonds is 6. The van der Waals surface area contributed by atoms with Gasteiger partial charge in [-0.2, -0.15) is 5.10 Å². The number of hydrogen-bond acceptors (Lipinski definition) is 7. The number of carbonyl (C=O) groups excluding carboxylic acids is 2. The smallest absolute Gasteiger partial charge is 0.471 e. The molecule has 3 aromatic rings. The lowest BCUT2D eigenvalue weighted by molar-refractivity contribution is -0.0233. The average molecular weight is 623 g/mol. The fourth-order valence-corrected chi connectivity index (χ4v) is 5.75. The third kappa shape index (κ3) is 6.12. The molecule has 208 valence electrons. The molecule has 2 aliphatic heterocycles. The summed E-state index contributed by atoms with van der Waals surface area (Å²) in [7, 11) is -4.68. The van der Waals surface area contributed by atoms with Crippen molar-refractivity contribution in [1.82, 2.24) is 20.0 Å². The summed E-state index contributed by atoms with van der Waals surface area (Å²) in [4.78, 5) is 45.5. The van der Waals surface area contributed by atoms with Gasteiger partial charge in [-0.25, -0.2) is 14.0 Å². The normalized spacial score (nSPS) is 18.5. The molecule has 1 atom stereocenters. The molecule has 1 saturated heterocycles. The number of carbonyl (C=O) groups is 2. The van der Waals surface area contributed by atoms with E-state index in [4.69, 9.17) is 19.3 Å². The molecule has 0 bridgehead atoms. The van der Waals surface area contributed by atoms with E-state index in [9.17, 15) is 14.2 Å². The van der Waals surface area contributed by atoms with E-state index in [1.807, 2.05) is 18.2 Å². The number of halogens is 1. The molecule has 1 spiro atoms. The summed E-state index contributed by atoms with van der Waals surface area (Å²) in [5, 5.41) is 8.09. The lowest BCUT2D eigenvalue weighted by Crippen LogP contribution is -2.53. The zero-order valence-electron chi connectivity index (χ0n) is 21.1. The summed E-state index contributed by atoms with van der Waals surface area (Å²) < 4.78 is 29.3. The number of nitrogens with zero attached hydrogens (tertiary/aromatic N) is 3. The van der Waals surface area contributed by atoms with Gasteiger partial charge >= 0.3 is 13.9 Å². The number of benzene rings is 2. The van der Waals surface area contributed by atoms with Crippen molar-refractivity contribution >= 4 is 46.7 Å². The molecule has 2 amide bonds. The number of likely N-dealkylation sites (tertiary alicyclic amines) is 1. The Hall–Kier alpha value is -2.96. The Morgan fingerprint density at radius 2 is 2.03 bits per heavy atom. The van der Waals surface area contributed by atoms with Crippen molar-refractivity contribution < 1.29 is 37.9 Å². The number of ether oxygens (including phenoxy) is 2. The molecule has 0 saturated carbocycles. The molecule has 1 aromatic heterocycles. The van der Waals surface area contributed by atoms with E-state index in [0.29, 0.717) is 61.2 Å². The zero-order chi connectivity index (χ0) is 27.8. The summed E-state index contributed by atoms with van der Waals surface area (Å²) in [5.41, 5.74) is 0.971. The van der Waals surface area contributed by atoms with Gasteiger partial charge < -0.3 is 29.5 Å². The van der Waals surface area contributed by atoms with Crippen molar-refractivity contribution in [3.63, 3.8) is 0 Å². The van der Waals surface area contributed by atoms with Crippen LogP contribution in [0, 0.1) is 0 Å². The third-order valence-electron chi connectivity index (χ3n) is 6.94. The molecular weight excluding hydrogens is 595 g/mol. The van der Waals surface area contributed by atoms with Crippen LogP contribution in [0.4, 0.5) is 4.79 Å². The molecule has 3 N–H and O–H groups in total. The predicted molar refractivity (Wildman–Crippen MR) is 143 cm³/mol. The number of aromatic nitrogens is 2. The maximum atomic E-state index is 13.6. The number of phosphoric acid groups is 1. The molecular formula is C25H28BrN4O8P. The SMILES string of the molecule is CCOC(=O)N1CCC2(CC1)C[C@H](NC(=O)c1cccc3cn(COP(=O)(O)O)nc13)c1cc(Br)ccc1O2. The van der Waals surface area contributed by atoms with Crippen LogP contribution in [0.1, 0.15) is 48.1 Å². The van der Waals surface area contributed by atoms with Gasteiger partial charge in [-0.05, 0) is 31.2 Å². The number of piperidine rings is 1. The van der Waals surface area contributed by atoms with Crippen molar-refractivity contribution in [3.8, 4) is 5.75 Å². The monoisotopic (exact) mass is 622 g/mol. The minimum Gasteiger partial charge on any atom is -0.487 e. The van der Waals surface area contributed by atoms with Gasteiger partial charge in [0.25, 0.3) is 5.91 Å². The quantitative estimate of drug-likeness (QED) is 0.345. The van der Waals surface area contributed by atoms with E-state index in [1.165, 1.54) is 4.68 Å². The van der Waals surface area contributed by atoms with E-state index >= 15 is 0 Å². The van der Waals surface area contributed by atoms with Crippen LogP contribution in [-0.4, -0.2) is 61.8 Å². The highest BCUT2D eigenvalue weighted by Crippen LogP contribution is 2.45. The van der Waals surface area contributed by atoms with E-state index < -0.39 is 20.2 Å². The van der Waals surface area contributed by atoms with Gasteiger partial charge in [-0.15, -0.1) is 0 Å². The van der Waals surface area contributed by atoms with E-state index in [-0.39, 0.29) is 18.0 Å². The van der Waals surface area contributed by atoms with E-state index in [1.54, 1.807) is 36.2 Å². The van der Waals surface area contributed by atoms with E-state index in [2.05, 4.69) is 30.9 Å².